The van der Waals surface area contributed by atoms with Gasteiger partial charge in [-0.05, 0) is 41.0 Å². The zero-order valence-corrected chi connectivity index (χ0v) is 13.2. The summed E-state index contributed by atoms with van der Waals surface area (Å²) in [5.74, 6) is 0.0123. The van der Waals surface area contributed by atoms with Gasteiger partial charge in [-0.2, -0.15) is 0 Å². The van der Waals surface area contributed by atoms with Gasteiger partial charge >= 0.3 is 0 Å². The lowest BCUT2D eigenvalue weighted by Crippen LogP contribution is -2.13. The zero-order chi connectivity index (χ0) is 15.0. The van der Waals surface area contributed by atoms with Crippen LogP contribution >= 0.6 is 23.2 Å². The van der Waals surface area contributed by atoms with Gasteiger partial charge < -0.3 is 0 Å². The Hall–Kier alpha value is -1.18. The molecule has 1 heterocycles. The van der Waals surface area contributed by atoms with Gasteiger partial charge in [0.1, 0.15) is 5.75 Å². The smallest absolute Gasteiger partial charge is 0.166 e. The fraction of sp³-hybridized carbons (Fsp3) is 0.417. The highest BCUT2D eigenvalue weighted by Crippen LogP contribution is 2.34. The molecule has 3 rings (SSSR count). The van der Waals surface area contributed by atoms with Crippen LogP contribution in [0.25, 0.3) is 0 Å². The predicted molar refractivity (Wildman–Crippen MR) is 78.9 cm³/mol. The molecule has 21 heavy (non-hydrogen) atoms. The quantitative estimate of drug-likeness (QED) is 0.830. The van der Waals surface area contributed by atoms with Crippen LogP contribution in [-0.4, -0.2) is 28.6 Å². The van der Waals surface area contributed by atoms with Crippen LogP contribution in [0, 0.1) is 0 Å². The van der Waals surface area contributed by atoms with E-state index in [2.05, 4.69) is 15.5 Å². The Balaban J connectivity index is 1.79. The molecule has 6 nitrogen and oxygen atoms in total. The molecule has 0 N–H and O–H groups in total. The standard InChI is InChI=1S/C12H12Cl2N4O2S/c13-9-2-1-8(11(14)5-9)6-21(19,20)7-12-15-16-17-18(12)10-3-4-10/h1-2,5,10H,3-4,6-7H2. The summed E-state index contributed by atoms with van der Waals surface area (Å²) in [5, 5.41) is 12.0. The lowest BCUT2D eigenvalue weighted by molar-refractivity contribution is 0.574. The molecule has 0 radical (unpaired) electrons. The number of hydrogen-bond donors (Lipinski definition) is 0. The minimum absolute atomic E-state index is 0.166. The van der Waals surface area contributed by atoms with Crippen molar-refractivity contribution in [3.63, 3.8) is 0 Å². The summed E-state index contributed by atoms with van der Waals surface area (Å²) in [7, 11) is -3.41. The summed E-state index contributed by atoms with van der Waals surface area (Å²) in [6.07, 6.45) is 1.97. The summed E-state index contributed by atoms with van der Waals surface area (Å²) >= 11 is 11.8. The van der Waals surface area contributed by atoms with E-state index in [1.165, 1.54) is 6.07 Å². The SMILES string of the molecule is O=S(=O)(Cc1ccc(Cl)cc1Cl)Cc1nnnn1C1CC1. The van der Waals surface area contributed by atoms with E-state index in [0.717, 1.165) is 12.8 Å². The van der Waals surface area contributed by atoms with Crippen LogP contribution in [-0.2, 0) is 21.3 Å². The molecule has 1 fully saturated rings. The Bertz CT molecular complexity index is 771. The van der Waals surface area contributed by atoms with Crippen molar-refractivity contribution in [2.45, 2.75) is 30.4 Å². The molecule has 0 amide bonds. The van der Waals surface area contributed by atoms with Crippen LogP contribution in [0.3, 0.4) is 0 Å². The number of tetrazole rings is 1. The third-order valence-electron chi connectivity index (χ3n) is 3.19. The third-order valence-corrected chi connectivity index (χ3v) is 5.23. The first-order chi connectivity index (χ1) is 9.94. The van der Waals surface area contributed by atoms with Crippen molar-refractivity contribution < 1.29 is 8.42 Å². The molecular weight excluding hydrogens is 335 g/mol. The van der Waals surface area contributed by atoms with Crippen molar-refractivity contribution in [1.82, 2.24) is 20.2 Å². The van der Waals surface area contributed by atoms with E-state index < -0.39 is 9.84 Å². The number of benzene rings is 1. The van der Waals surface area contributed by atoms with Crippen LogP contribution < -0.4 is 0 Å². The van der Waals surface area contributed by atoms with E-state index in [4.69, 9.17) is 23.2 Å². The van der Waals surface area contributed by atoms with Crippen LogP contribution in [0.5, 0.6) is 0 Å². The first-order valence-electron chi connectivity index (χ1n) is 6.36. The molecule has 0 bridgehead atoms. The first-order valence-corrected chi connectivity index (χ1v) is 8.93. The van der Waals surface area contributed by atoms with Gasteiger partial charge in [0.25, 0.3) is 0 Å². The summed E-state index contributed by atoms with van der Waals surface area (Å²) < 4.78 is 26.2. The van der Waals surface area contributed by atoms with E-state index in [1.807, 2.05) is 0 Å². The van der Waals surface area contributed by atoms with Crippen molar-refractivity contribution in [1.29, 1.82) is 0 Å². The molecule has 0 atom stereocenters. The Kier molecular flexibility index (Phi) is 3.90. The average Bonchev–Trinajstić information content (AvgIpc) is 3.14. The number of nitrogens with zero attached hydrogens (tertiary/aromatic N) is 4. The zero-order valence-electron chi connectivity index (χ0n) is 10.9. The molecule has 2 aromatic rings. The number of hydrogen-bond acceptors (Lipinski definition) is 5. The summed E-state index contributed by atoms with van der Waals surface area (Å²) in [6.45, 7) is 0. The van der Waals surface area contributed by atoms with Gasteiger partial charge in [0, 0.05) is 10.0 Å². The fourth-order valence-corrected chi connectivity index (χ4v) is 4.00. The van der Waals surface area contributed by atoms with Crippen molar-refractivity contribution in [2.75, 3.05) is 0 Å². The molecule has 1 saturated carbocycles. The minimum Gasteiger partial charge on any atom is -0.228 e. The van der Waals surface area contributed by atoms with Gasteiger partial charge in [0.15, 0.2) is 15.7 Å². The molecule has 0 aliphatic heterocycles. The molecule has 1 aliphatic carbocycles. The topological polar surface area (TPSA) is 77.7 Å². The van der Waals surface area contributed by atoms with E-state index in [-0.39, 0.29) is 17.5 Å². The normalized spacial score (nSPS) is 15.3. The maximum Gasteiger partial charge on any atom is 0.166 e. The lowest BCUT2D eigenvalue weighted by Gasteiger charge is -2.07. The second-order valence-corrected chi connectivity index (χ2v) is 7.95. The molecule has 0 unspecified atom stereocenters. The van der Waals surface area contributed by atoms with Crippen LogP contribution in [0.1, 0.15) is 30.3 Å². The highest BCUT2D eigenvalue weighted by Gasteiger charge is 2.29. The van der Waals surface area contributed by atoms with Crippen molar-refractivity contribution >= 4 is 33.0 Å². The predicted octanol–water partition coefficient (Wildman–Crippen LogP) is 2.43. The van der Waals surface area contributed by atoms with Gasteiger partial charge in [-0.25, -0.2) is 13.1 Å². The van der Waals surface area contributed by atoms with E-state index >= 15 is 0 Å². The maximum absolute atomic E-state index is 12.3. The van der Waals surface area contributed by atoms with Gasteiger partial charge in [-0.3, -0.25) is 0 Å². The Morgan fingerprint density at radius 2 is 2.00 bits per heavy atom. The van der Waals surface area contributed by atoms with Crippen molar-refractivity contribution in [3.05, 3.63) is 39.6 Å². The molecule has 112 valence electrons. The van der Waals surface area contributed by atoms with Gasteiger partial charge in [-0.1, -0.05) is 29.3 Å². The van der Waals surface area contributed by atoms with E-state index in [1.54, 1.807) is 16.8 Å². The largest absolute Gasteiger partial charge is 0.228 e. The average molecular weight is 347 g/mol. The van der Waals surface area contributed by atoms with Crippen molar-refractivity contribution in [3.8, 4) is 0 Å². The molecule has 0 spiro atoms. The van der Waals surface area contributed by atoms with Gasteiger partial charge in [0.05, 0.1) is 11.8 Å². The van der Waals surface area contributed by atoms with Crippen LogP contribution in [0.15, 0.2) is 18.2 Å². The van der Waals surface area contributed by atoms with E-state index in [9.17, 15) is 8.42 Å². The molecule has 1 aromatic heterocycles. The van der Waals surface area contributed by atoms with Gasteiger partial charge in [0.2, 0.25) is 0 Å². The number of sulfone groups is 1. The lowest BCUT2D eigenvalue weighted by atomic mass is 10.2. The van der Waals surface area contributed by atoms with E-state index in [0.29, 0.717) is 21.4 Å². The summed E-state index contributed by atoms with van der Waals surface area (Å²) in [4.78, 5) is 0. The highest BCUT2D eigenvalue weighted by atomic mass is 35.5. The second-order valence-electron chi connectivity index (χ2n) is 5.04. The summed E-state index contributed by atoms with van der Waals surface area (Å²) in [6, 6.07) is 5.00. The van der Waals surface area contributed by atoms with Crippen LogP contribution in [0.4, 0.5) is 0 Å². The molecule has 1 aromatic carbocycles. The number of aromatic nitrogens is 4. The molecule has 0 saturated heterocycles. The Labute approximate surface area is 132 Å². The van der Waals surface area contributed by atoms with Gasteiger partial charge in [-0.15, -0.1) is 5.10 Å². The highest BCUT2D eigenvalue weighted by molar-refractivity contribution is 7.89. The number of rotatable bonds is 5. The first kappa shape index (κ1) is 14.7. The number of halogens is 2. The Morgan fingerprint density at radius 3 is 2.67 bits per heavy atom. The molecule has 9 heteroatoms. The molecule has 1 aliphatic rings. The second kappa shape index (κ2) is 5.55. The Morgan fingerprint density at radius 1 is 1.24 bits per heavy atom. The third kappa shape index (κ3) is 3.53. The van der Waals surface area contributed by atoms with Crippen molar-refractivity contribution in [2.24, 2.45) is 0 Å². The van der Waals surface area contributed by atoms with Crippen LogP contribution in [0.2, 0.25) is 10.0 Å². The minimum atomic E-state index is -3.41. The maximum atomic E-state index is 12.3. The fourth-order valence-electron chi connectivity index (χ4n) is 2.03. The summed E-state index contributed by atoms with van der Waals surface area (Å²) in [5.41, 5.74) is 0.520. The molecular formula is C12H12Cl2N4O2S. The monoisotopic (exact) mass is 346 g/mol.